The van der Waals surface area contributed by atoms with Crippen LogP contribution in [0, 0.1) is 0 Å². The maximum atomic E-state index is 11.8. The molecule has 1 aromatic rings. The summed E-state index contributed by atoms with van der Waals surface area (Å²) < 4.78 is 11.8. The second-order valence-corrected chi connectivity index (χ2v) is 5.77. The molecule has 3 heteroatoms. The van der Waals surface area contributed by atoms with Crippen molar-refractivity contribution in [1.29, 1.82) is 0 Å². The van der Waals surface area contributed by atoms with Crippen molar-refractivity contribution in [2.75, 3.05) is 6.66 Å². The highest BCUT2D eigenvalue weighted by Crippen LogP contribution is 2.40. The molecule has 1 atom stereocenters. The lowest BCUT2D eigenvalue weighted by atomic mass is 10.4. The van der Waals surface area contributed by atoms with Crippen molar-refractivity contribution in [1.82, 2.24) is 0 Å². The summed E-state index contributed by atoms with van der Waals surface area (Å²) >= 11 is 0. The molecule has 0 bridgehead atoms. The molecule has 1 rings (SSSR count). The van der Waals surface area contributed by atoms with Gasteiger partial charge in [0.1, 0.15) is 0 Å². The Kier molecular flexibility index (Phi) is 2.49. The third-order valence-electron chi connectivity index (χ3n) is 1.85. The van der Waals surface area contributed by atoms with Crippen LogP contribution >= 0.6 is 7.14 Å². The van der Waals surface area contributed by atoms with E-state index in [0.717, 1.165) is 0 Å². The Morgan fingerprint density at radius 2 is 1.75 bits per heavy atom. The Hall–Kier alpha value is -0.880. The van der Waals surface area contributed by atoms with E-state index in [2.05, 4.69) is 0 Å². The predicted octanol–water partition coefficient (Wildman–Crippen LogP) is 1.85. The zero-order valence-corrected chi connectivity index (χ0v) is 8.04. The molecule has 0 fully saturated rings. The predicted molar refractivity (Wildman–Crippen MR) is 50.3 cm³/mol. The van der Waals surface area contributed by atoms with E-state index in [0.29, 0.717) is 5.30 Å². The van der Waals surface area contributed by atoms with Crippen LogP contribution in [0.15, 0.2) is 30.3 Å². The fraction of sp³-hybridized carbons (Fsp3) is 0.222. The number of hydrogen-bond donors (Lipinski definition) is 0. The number of carbonyl (C=O) groups is 1. The number of benzene rings is 1. The van der Waals surface area contributed by atoms with Gasteiger partial charge < -0.3 is 4.57 Å². The molecule has 12 heavy (non-hydrogen) atoms. The standard InChI is InChI=1S/C9H11O2P/c1-8(10)12(2,11)9-6-4-3-5-7-9/h3-7H,1-2H3. The van der Waals surface area contributed by atoms with Crippen LogP contribution in [0.2, 0.25) is 0 Å². The van der Waals surface area contributed by atoms with E-state index in [1.807, 2.05) is 6.07 Å². The minimum absolute atomic E-state index is 0.242. The van der Waals surface area contributed by atoms with Crippen molar-refractivity contribution in [3.63, 3.8) is 0 Å². The Balaban J connectivity index is 3.16. The first-order valence-corrected chi connectivity index (χ1v) is 5.85. The fourth-order valence-corrected chi connectivity index (χ4v) is 2.00. The summed E-state index contributed by atoms with van der Waals surface area (Å²) in [6.45, 7) is 2.87. The molecule has 0 spiro atoms. The van der Waals surface area contributed by atoms with Crippen molar-refractivity contribution in [2.24, 2.45) is 0 Å². The molecule has 0 aliphatic rings. The van der Waals surface area contributed by atoms with Crippen LogP contribution < -0.4 is 5.30 Å². The molecule has 1 aromatic carbocycles. The highest BCUT2D eigenvalue weighted by atomic mass is 31.2. The first-order valence-electron chi connectivity index (χ1n) is 3.69. The molecule has 0 saturated heterocycles. The molecule has 0 aliphatic carbocycles. The molecular weight excluding hydrogens is 171 g/mol. The third-order valence-corrected chi connectivity index (χ3v) is 4.34. The lowest BCUT2D eigenvalue weighted by molar-refractivity contribution is -0.110. The highest BCUT2D eigenvalue weighted by molar-refractivity contribution is 7.86. The van der Waals surface area contributed by atoms with Crippen LogP contribution in [0.25, 0.3) is 0 Å². The molecule has 0 N–H and O–H groups in total. The minimum atomic E-state index is -2.76. The molecule has 64 valence electrons. The molecule has 0 amide bonds. The Labute approximate surface area is 72.0 Å². The van der Waals surface area contributed by atoms with Gasteiger partial charge in [0.05, 0.1) is 0 Å². The zero-order chi connectivity index (χ0) is 9.19. The molecule has 0 aliphatic heterocycles. The van der Waals surface area contributed by atoms with E-state index < -0.39 is 7.14 Å². The molecule has 0 aromatic heterocycles. The van der Waals surface area contributed by atoms with Crippen molar-refractivity contribution < 1.29 is 9.36 Å². The summed E-state index contributed by atoms with van der Waals surface area (Å²) in [4.78, 5) is 11.0. The minimum Gasteiger partial charge on any atom is -0.311 e. The largest absolute Gasteiger partial charge is 0.311 e. The van der Waals surface area contributed by atoms with Gasteiger partial charge in [0, 0.05) is 12.2 Å². The average molecular weight is 182 g/mol. The molecular formula is C9H11O2P. The van der Waals surface area contributed by atoms with E-state index in [-0.39, 0.29) is 5.52 Å². The van der Waals surface area contributed by atoms with Crippen molar-refractivity contribution in [3.05, 3.63) is 30.3 Å². The van der Waals surface area contributed by atoms with Gasteiger partial charge in [0.25, 0.3) is 0 Å². The maximum absolute atomic E-state index is 11.8. The summed E-state index contributed by atoms with van der Waals surface area (Å²) in [7, 11) is -2.76. The van der Waals surface area contributed by atoms with Crippen LogP contribution in [0.1, 0.15) is 6.92 Å². The lowest BCUT2D eigenvalue weighted by Crippen LogP contribution is -2.08. The highest BCUT2D eigenvalue weighted by Gasteiger charge is 2.22. The second-order valence-electron chi connectivity index (χ2n) is 2.78. The summed E-state index contributed by atoms with van der Waals surface area (Å²) in [5.41, 5.74) is -0.242. The lowest BCUT2D eigenvalue weighted by Gasteiger charge is -2.07. The van der Waals surface area contributed by atoms with Crippen LogP contribution in [-0.4, -0.2) is 12.2 Å². The number of carbonyl (C=O) groups excluding carboxylic acids is 1. The quantitative estimate of drug-likeness (QED) is 0.654. The molecule has 1 unspecified atom stereocenters. The van der Waals surface area contributed by atoms with Gasteiger partial charge in [-0.25, -0.2) is 0 Å². The smallest absolute Gasteiger partial charge is 0.192 e. The zero-order valence-electron chi connectivity index (χ0n) is 7.15. The van der Waals surface area contributed by atoms with Gasteiger partial charge in [0.2, 0.25) is 0 Å². The maximum Gasteiger partial charge on any atom is 0.192 e. The van der Waals surface area contributed by atoms with Crippen LogP contribution in [0.5, 0.6) is 0 Å². The summed E-state index contributed by atoms with van der Waals surface area (Å²) in [5.74, 6) is 0. The first kappa shape index (κ1) is 9.21. The normalized spacial score (nSPS) is 15.2. The summed E-state index contributed by atoms with van der Waals surface area (Å²) in [6, 6.07) is 8.86. The Bertz CT molecular complexity index is 330. The van der Waals surface area contributed by atoms with Gasteiger partial charge in [-0.2, -0.15) is 0 Å². The first-order chi connectivity index (χ1) is 5.55. The Morgan fingerprint density at radius 1 is 1.25 bits per heavy atom. The third kappa shape index (κ3) is 1.64. The molecule has 2 nitrogen and oxygen atoms in total. The average Bonchev–Trinajstić information content (AvgIpc) is 2.06. The van der Waals surface area contributed by atoms with E-state index in [9.17, 15) is 9.36 Å². The Morgan fingerprint density at radius 3 is 2.17 bits per heavy atom. The van der Waals surface area contributed by atoms with Gasteiger partial charge >= 0.3 is 0 Å². The van der Waals surface area contributed by atoms with Crippen LogP contribution in [0.4, 0.5) is 0 Å². The van der Waals surface area contributed by atoms with E-state index in [1.54, 1.807) is 24.3 Å². The number of rotatable bonds is 2. The SMILES string of the molecule is CC(=O)P(C)(=O)c1ccccc1. The summed E-state index contributed by atoms with van der Waals surface area (Å²) in [6.07, 6.45) is 0. The van der Waals surface area contributed by atoms with Crippen molar-refractivity contribution in [3.8, 4) is 0 Å². The van der Waals surface area contributed by atoms with Gasteiger partial charge in [-0.3, -0.25) is 4.79 Å². The molecule has 0 radical (unpaired) electrons. The molecule has 0 saturated carbocycles. The molecule has 0 heterocycles. The van der Waals surface area contributed by atoms with Crippen LogP contribution in [0.3, 0.4) is 0 Å². The van der Waals surface area contributed by atoms with Gasteiger partial charge in [-0.1, -0.05) is 30.3 Å². The number of hydrogen-bond acceptors (Lipinski definition) is 2. The van der Waals surface area contributed by atoms with Crippen molar-refractivity contribution >= 4 is 18.0 Å². The van der Waals surface area contributed by atoms with Crippen molar-refractivity contribution in [2.45, 2.75) is 6.92 Å². The van der Waals surface area contributed by atoms with Gasteiger partial charge in [0.15, 0.2) is 12.7 Å². The van der Waals surface area contributed by atoms with Gasteiger partial charge in [-0.15, -0.1) is 0 Å². The topological polar surface area (TPSA) is 34.1 Å². The van der Waals surface area contributed by atoms with E-state index >= 15 is 0 Å². The second kappa shape index (κ2) is 3.24. The van der Waals surface area contributed by atoms with E-state index in [1.165, 1.54) is 13.6 Å². The van der Waals surface area contributed by atoms with Gasteiger partial charge in [-0.05, 0) is 6.66 Å². The summed E-state index contributed by atoms with van der Waals surface area (Å²) in [5, 5.41) is 0.637. The monoisotopic (exact) mass is 182 g/mol. The van der Waals surface area contributed by atoms with Crippen LogP contribution in [-0.2, 0) is 9.36 Å². The van der Waals surface area contributed by atoms with E-state index in [4.69, 9.17) is 0 Å². The fourth-order valence-electron chi connectivity index (χ4n) is 0.894.